The van der Waals surface area contributed by atoms with E-state index in [-0.39, 0.29) is 36.8 Å². The number of rotatable bonds is 6. The lowest BCUT2D eigenvalue weighted by Gasteiger charge is -2.23. The van der Waals surface area contributed by atoms with E-state index in [4.69, 9.17) is 0 Å². The van der Waals surface area contributed by atoms with Crippen molar-refractivity contribution in [1.29, 1.82) is 0 Å². The van der Waals surface area contributed by atoms with Crippen molar-refractivity contribution in [2.45, 2.75) is 32.1 Å². The number of nitrogens with zero attached hydrogens (tertiary/aromatic N) is 7. The van der Waals surface area contributed by atoms with E-state index in [0.29, 0.717) is 26.8 Å². The molecule has 0 bridgehead atoms. The lowest BCUT2D eigenvalue weighted by atomic mass is 10.1. The first-order chi connectivity index (χ1) is 19.3. The summed E-state index contributed by atoms with van der Waals surface area (Å²) in [6.45, 7) is 0.922. The topological polar surface area (TPSA) is 127 Å². The molecule has 0 aliphatic carbocycles. The molecule has 1 N–H and O–H groups in total. The average Bonchev–Trinajstić information content (AvgIpc) is 3.65. The van der Waals surface area contributed by atoms with Crippen LogP contribution in [0.2, 0.25) is 0 Å². The fraction of sp³-hybridized carbons (Fsp3) is 0.222. The molecule has 1 saturated heterocycles. The number of alkyl halides is 1. The summed E-state index contributed by atoms with van der Waals surface area (Å²) in [5, 5.41) is 11.8. The molecule has 4 aromatic heterocycles. The standard InChI is InChI=1S/C27H22BrFN8O3/c1-15(38)26-18-11-16(19-8-10-36-24(31-19)7-9-30-36)5-6-20(18)37(34-26)14-25(39)35-13-17(29)12-21(35)27(40)33-23-4-2-3-22(28)32-23/h2-11,17,21H,12-14H2,1H3,(H,32,33,40)/t17-,21+/m1/s1. The third kappa shape index (κ3) is 4.83. The summed E-state index contributed by atoms with van der Waals surface area (Å²) < 4.78 is 18.1. The number of amides is 2. The molecule has 2 amide bonds. The molecule has 0 spiro atoms. The van der Waals surface area contributed by atoms with Crippen LogP contribution >= 0.6 is 15.9 Å². The van der Waals surface area contributed by atoms with Crippen LogP contribution in [0.25, 0.3) is 27.8 Å². The SMILES string of the molecule is CC(=O)c1nn(CC(=O)N2C[C@H](F)C[C@H]2C(=O)Nc2cccc(Br)n2)c2ccc(-c3ccn4nccc4n3)cc12. The molecule has 13 heteroatoms. The van der Waals surface area contributed by atoms with Crippen LogP contribution in [-0.2, 0) is 16.1 Å². The van der Waals surface area contributed by atoms with Crippen LogP contribution in [0, 0.1) is 0 Å². The Morgan fingerprint density at radius 1 is 1.12 bits per heavy atom. The van der Waals surface area contributed by atoms with Crippen LogP contribution in [-0.4, -0.2) is 70.6 Å². The summed E-state index contributed by atoms with van der Waals surface area (Å²) >= 11 is 3.25. The number of likely N-dealkylation sites (tertiary alicyclic amines) is 1. The van der Waals surface area contributed by atoms with Gasteiger partial charge in [-0.1, -0.05) is 12.1 Å². The maximum Gasteiger partial charge on any atom is 0.248 e. The molecule has 0 radical (unpaired) electrons. The molecular formula is C27H22BrFN8O3. The number of hydrogen-bond acceptors (Lipinski definition) is 7. The molecule has 0 saturated carbocycles. The molecular weight excluding hydrogens is 583 g/mol. The average molecular weight is 605 g/mol. The van der Waals surface area contributed by atoms with Crippen molar-refractivity contribution in [2.75, 3.05) is 11.9 Å². The van der Waals surface area contributed by atoms with Gasteiger partial charge in [0.25, 0.3) is 0 Å². The van der Waals surface area contributed by atoms with Crippen molar-refractivity contribution in [3.05, 3.63) is 71.2 Å². The number of ketones is 1. The van der Waals surface area contributed by atoms with Crippen LogP contribution in [0.15, 0.2) is 65.5 Å². The van der Waals surface area contributed by atoms with Crippen LogP contribution in [0.3, 0.4) is 0 Å². The normalized spacial score (nSPS) is 17.0. The summed E-state index contributed by atoms with van der Waals surface area (Å²) in [7, 11) is 0. The number of anilines is 1. The highest BCUT2D eigenvalue weighted by Crippen LogP contribution is 2.28. The molecule has 202 valence electrons. The zero-order valence-corrected chi connectivity index (χ0v) is 22.7. The van der Waals surface area contributed by atoms with E-state index in [0.717, 1.165) is 5.56 Å². The Bertz CT molecular complexity index is 1800. The number of aromatic nitrogens is 6. The van der Waals surface area contributed by atoms with Crippen LogP contribution in [0.1, 0.15) is 23.8 Å². The van der Waals surface area contributed by atoms with E-state index in [1.807, 2.05) is 18.2 Å². The van der Waals surface area contributed by atoms with Crippen molar-refractivity contribution in [3.63, 3.8) is 0 Å². The number of carbonyl (C=O) groups excluding carboxylic acids is 3. The van der Waals surface area contributed by atoms with Crippen molar-refractivity contribution < 1.29 is 18.8 Å². The maximum absolute atomic E-state index is 14.5. The van der Waals surface area contributed by atoms with Gasteiger partial charge in [0.1, 0.15) is 34.9 Å². The summed E-state index contributed by atoms with van der Waals surface area (Å²) in [5.41, 5.74) is 2.89. The van der Waals surface area contributed by atoms with Crippen molar-refractivity contribution >= 4 is 55.9 Å². The molecule has 2 atom stereocenters. The first-order valence-electron chi connectivity index (χ1n) is 12.5. The molecule has 40 heavy (non-hydrogen) atoms. The van der Waals surface area contributed by atoms with E-state index in [2.05, 4.69) is 41.4 Å². The van der Waals surface area contributed by atoms with Gasteiger partial charge >= 0.3 is 0 Å². The van der Waals surface area contributed by atoms with Gasteiger partial charge in [0.15, 0.2) is 11.4 Å². The molecule has 1 aromatic carbocycles. The summed E-state index contributed by atoms with van der Waals surface area (Å²) in [6.07, 6.45) is 1.98. The lowest BCUT2D eigenvalue weighted by molar-refractivity contribution is -0.137. The highest BCUT2D eigenvalue weighted by molar-refractivity contribution is 9.10. The number of fused-ring (bicyclic) bond motifs is 2. The van der Waals surface area contributed by atoms with Gasteiger partial charge in [-0.05, 0) is 46.3 Å². The molecule has 11 nitrogen and oxygen atoms in total. The summed E-state index contributed by atoms with van der Waals surface area (Å²) in [6, 6.07) is 13.0. The van der Waals surface area contributed by atoms with E-state index < -0.39 is 24.0 Å². The molecule has 1 fully saturated rings. The van der Waals surface area contributed by atoms with E-state index in [1.165, 1.54) is 16.5 Å². The second kappa shape index (κ2) is 10.2. The van der Waals surface area contributed by atoms with Crippen molar-refractivity contribution in [1.82, 2.24) is 34.3 Å². The Labute approximate surface area is 235 Å². The molecule has 5 heterocycles. The number of nitrogens with one attached hydrogen (secondary N) is 1. The van der Waals surface area contributed by atoms with E-state index >= 15 is 0 Å². The molecule has 5 aromatic rings. The Hall–Kier alpha value is -4.52. The monoisotopic (exact) mass is 604 g/mol. The van der Waals surface area contributed by atoms with Gasteiger partial charge in [-0.2, -0.15) is 10.2 Å². The fourth-order valence-electron chi connectivity index (χ4n) is 4.91. The van der Waals surface area contributed by atoms with E-state index in [1.54, 1.807) is 47.2 Å². The van der Waals surface area contributed by atoms with Gasteiger partial charge in [0.2, 0.25) is 11.8 Å². The number of carbonyl (C=O) groups is 3. The number of hydrogen-bond donors (Lipinski definition) is 1. The highest BCUT2D eigenvalue weighted by atomic mass is 79.9. The largest absolute Gasteiger partial charge is 0.326 e. The van der Waals surface area contributed by atoms with E-state index in [9.17, 15) is 18.8 Å². The van der Waals surface area contributed by atoms with Gasteiger partial charge < -0.3 is 10.2 Å². The quantitative estimate of drug-likeness (QED) is 0.231. The number of pyridine rings is 1. The minimum Gasteiger partial charge on any atom is -0.326 e. The lowest BCUT2D eigenvalue weighted by Crippen LogP contribution is -2.44. The smallest absolute Gasteiger partial charge is 0.248 e. The summed E-state index contributed by atoms with van der Waals surface area (Å²) in [5.74, 6) is -0.993. The number of Topliss-reactive ketones (excluding diaryl/α,β-unsaturated/α-hetero) is 1. The van der Waals surface area contributed by atoms with Crippen LogP contribution < -0.4 is 5.32 Å². The second-order valence-corrected chi connectivity index (χ2v) is 10.3. The fourth-order valence-corrected chi connectivity index (χ4v) is 5.25. The highest BCUT2D eigenvalue weighted by Gasteiger charge is 2.40. The predicted molar refractivity (Wildman–Crippen MR) is 147 cm³/mol. The second-order valence-electron chi connectivity index (χ2n) is 9.47. The Morgan fingerprint density at radius 3 is 2.77 bits per heavy atom. The zero-order valence-electron chi connectivity index (χ0n) is 21.2. The minimum absolute atomic E-state index is 0.123. The van der Waals surface area contributed by atoms with Gasteiger partial charge in [-0.25, -0.2) is 18.9 Å². The Morgan fingerprint density at radius 2 is 1.98 bits per heavy atom. The molecule has 1 aliphatic heterocycles. The van der Waals surface area contributed by atoms with Crippen molar-refractivity contribution in [2.24, 2.45) is 0 Å². The third-order valence-corrected chi connectivity index (χ3v) is 7.20. The zero-order chi connectivity index (χ0) is 28.0. The maximum atomic E-state index is 14.5. The minimum atomic E-state index is -1.35. The van der Waals surface area contributed by atoms with Crippen LogP contribution in [0.4, 0.5) is 10.2 Å². The predicted octanol–water partition coefficient (Wildman–Crippen LogP) is 3.68. The van der Waals surface area contributed by atoms with Gasteiger partial charge in [0, 0.05) is 36.6 Å². The van der Waals surface area contributed by atoms with Gasteiger partial charge in [-0.3, -0.25) is 19.1 Å². The Kier molecular flexibility index (Phi) is 6.58. The Balaban J connectivity index is 1.28. The third-order valence-electron chi connectivity index (χ3n) is 6.76. The summed E-state index contributed by atoms with van der Waals surface area (Å²) in [4.78, 5) is 48.8. The number of benzene rings is 1. The molecule has 0 unspecified atom stereocenters. The van der Waals surface area contributed by atoms with Gasteiger partial charge in [0.05, 0.1) is 24.0 Å². The first-order valence-corrected chi connectivity index (χ1v) is 13.3. The first kappa shape index (κ1) is 25.7. The van der Waals surface area contributed by atoms with Gasteiger partial charge in [-0.15, -0.1) is 0 Å². The number of halogens is 2. The molecule has 6 rings (SSSR count). The van der Waals surface area contributed by atoms with Crippen LogP contribution in [0.5, 0.6) is 0 Å². The van der Waals surface area contributed by atoms with Crippen molar-refractivity contribution in [3.8, 4) is 11.3 Å². The molecule has 1 aliphatic rings.